The predicted octanol–water partition coefficient (Wildman–Crippen LogP) is 1.75. The average Bonchev–Trinajstić information content (AvgIpc) is 1.84. The molecular formula is C10H24N2. The summed E-state index contributed by atoms with van der Waals surface area (Å²) in [6.45, 7) is 9.80. The van der Waals surface area contributed by atoms with E-state index in [0.29, 0.717) is 12.1 Å². The van der Waals surface area contributed by atoms with Crippen molar-refractivity contribution < 1.29 is 0 Å². The Kier molecular flexibility index (Phi) is 6.39. The number of hydrogen-bond donors (Lipinski definition) is 2. The van der Waals surface area contributed by atoms with Crippen LogP contribution in [0.4, 0.5) is 0 Å². The maximum atomic E-state index is 5.92. The molecule has 0 spiro atoms. The fraction of sp³-hybridized carbons (Fsp3) is 1.00. The van der Waals surface area contributed by atoms with E-state index in [2.05, 4.69) is 33.0 Å². The quantitative estimate of drug-likeness (QED) is 0.640. The Morgan fingerprint density at radius 2 is 1.75 bits per heavy atom. The van der Waals surface area contributed by atoms with E-state index in [-0.39, 0.29) is 0 Å². The molecule has 0 heterocycles. The van der Waals surface area contributed by atoms with Crippen LogP contribution in [0.25, 0.3) is 0 Å². The monoisotopic (exact) mass is 172 g/mol. The lowest BCUT2D eigenvalue weighted by Crippen LogP contribution is -2.30. The van der Waals surface area contributed by atoms with E-state index in [1.54, 1.807) is 0 Å². The Hall–Kier alpha value is -0.0800. The number of nitrogens with two attached hydrogens (primary N) is 1. The van der Waals surface area contributed by atoms with Crippen LogP contribution in [0.1, 0.15) is 40.5 Å². The molecule has 3 N–H and O–H groups in total. The highest BCUT2D eigenvalue weighted by Crippen LogP contribution is 2.04. The van der Waals surface area contributed by atoms with Gasteiger partial charge >= 0.3 is 0 Å². The smallest absolute Gasteiger partial charge is 0.00533 e. The van der Waals surface area contributed by atoms with Crippen molar-refractivity contribution in [3.05, 3.63) is 0 Å². The Morgan fingerprint density at radius 1 is 1.17 bits per heavy atom. The van der Waals surface area contributed by atoms with E-state index < -0.39 is 0 Å². The largest absolute Gasteiger partial charge is 0.328 e. The van der Waals surface area contributed by atoms with Crippen molar-refractivity contribution >= 4 is 0 Å². The standard InChI is InChI=1S/C10H24N2/c1-8(2)7-10(11)5-6-12-9(3)4/h8-10,12H,5-7,11H2,1-4H3/t10-/m1/s1. The molecule has 2 heteroatoms. The average molecular weight is 172 g/mol. The van der Waals surface area contributed by atoms with Crippen LogP contribution >= 0.6 is 0 Å². The lowest BCUT2D eigenvalue weighted by Gasteiger charge is -2.15. The molecule has 0 saturated heterocycles. The van der Waals surface area contributed by atoms with Gasteiger partial charge in [-0.2, -0.15) is 0 Å². The van der Waals surface area contributed by atoms with Crippen LogP contribution in [0.15, 0.2) is 0 Å². The highest BCUT2D eigenvalue weighted by molar-refractivity contribution is 4.65. The van der Waals surface area contributed by atoms with Gasteiger partial charge in [0.05, 0.1) is 0 Å². The van der Waals surface area contributed by atoms with E-state index in [1.807, 2.05) is 0 Å². The van der Waals surface area contributed by atoms with Gasteiger partial charge in [0.25, 0.3) is 0 Å². The summed E-state index contributed by atoms with van der Waals surface area (Å²) in [7, 11) is 0. The van der Waals surface area contributed by atoms with Crippen LogP contribution in [-0.2, 0) is 0 Å². The van der Waals surface area contributed by atoms with Gasteiger partial charge in [-0.15, -0.1) is 0 Å². The van der Waals surface area contributed by atoms with Crippen molar-refractivity contribution in [3.8, 4) is 0 Å². The van der Waals surface area contributed by atoms with Crippen molar-refractivity contribution in [2.24, 2.45) is 11.7 Å². The third-order valence-electron chi connectivity index (χ3n) is 1.84. The van der Waals surface area contributed by atoms with Crippen molar-refractivity contribution in [2.75, 3.05) is 6.54 Å². The van der Waals surface area contributed by atoms with E-state index in [0.717, 1.165) is 25.3 Å². The molecule has 0 rings (SSSR count). The van der Waals surface area contributed by atoms with Crippen LogP contribution < -0.4 is 11.1 Å². The molecule has 0 aromatic rings. The lowest BCUT2D eigenvalue weighted by atomic mass is 10.0. The Bertz CT molecular complexity index is 100. The molecule has 1 atom stereocenters. The molecule has 74 valence electrons. The molecule has 0 aromatic heterocycles. The first-order valence-electron chi connectivity index (χ1n) is 5.01. The molecule has 0 fully saturated rings. The lowest BCUT2D eigenvalue weighted by molar-refractivity contribution is 0.450. The molecule has 0 bridgehead atoms. The van der Waals surface area contributed by atoms with Crippen LogP contribution in [0, 0.1) is 5.92 Å². The zero-order valence-corrected chi connectivity index (χ0v) is 8.93. The first kappa shape index (κ1) is 11.9. The number of hydrogen-bond acceptors (Lipinski definition) is 2. The van der Waals surface area contributed by atoms with Crippen LogP contribution in [0.5, 0.6) is 0 Å². The Labute approximate surface area is 76.9 Å². The second kappa shape index (κ2) is 6.44. The minimum absolute atomic E-state index is 0.372. The highest BCUT2D eigenvalue weighted by Gasteiger charge is 2.04. The van der Waals surface area contributed by atoms with E-state index in [9.17, 15) is 0 Å². The summed E-state index contributed by atoms with van der Waals surface area (Å²) in [6, 6.07) is 0.951. The molecular weight excluding hydrogens is 148 g/mol. The molecule has 0 aliphatic heterocycles. The molecule has 0 saturated carbocycles. The summed E-state index contributed by atoms with van der Waals surface area (Å²) in [4.78, 5) is 0. The normalized spacial score (nSPS) is 14.2. The Balaban J connectivity index is 3.25. The molecule has 0 aliphatic carbocycles. The summed E-state index contributed by atoms with van der Waals surface area (Å²) < 4.78 is 0. The third-order valence-corrected chi connectivity index (χ3v) is 1.84. The van der Waals surface area contributed by atoms with Gasteiger partial charge in [-0.3, -0.25) is 0 Å². The first-order chi connectivity index (χ1) is 5.52. The van der Waals surface area contributed by atoms with Crippen LogP contribution in [0.3, 0.4) is 0 Å². The fourth-order valence-corrected chi connectivity index (χ4v) is 1.28. The SMILES string of the molecule is CC(C)C[C@H](N)CCNC(C)C. The number of rotatable bonds is 6. The summed E-state index contributed by atoms with van der Waals surface area (Å²) in [5, 5.41) is 3.37. The van der Waals surface area contributed by atoms with Crippen LogP contribution in [0.2, 0.25) is 0 Å². The highest BCUT2D eigenvalue weighted by atomic mass is 14.9. The summed E-state index contributed by atoms with van der Waals surface area (Å²) >= 11 is 0. The van der Waals surface area contributed by atoms with Gasteiger partial charge < -0.3 is 11.1 Å². The maximum Gasteiger partial charge on any atom is 0.00533 e. The van der Waals surface area contributed by atoms with Gasteiger partial charge in [0.15, 0.2) is 0 Å². The zero-order valence-electron chi connectivity index (χ0n) is 8.93. The van der Waals surface area contributed by atoms with E-state index in [1.165, 1.54) is 0 Å². The van der Waals surface area contributed by atoms with Gasteiger partial charge in [0.1, 0.15) is 0 Å². The Morgan fingerprint density at radius 3 is 2.17 bits per heavy atom. The molecule has 0 aliphatic rings. The summed E-state index contributed by atoms with van der Waals surface area (Å²) in [5.41, 5.74) is 5.92. The minimum Gasteiger partial charge on any atom is -0.328 e. The minimum atomic E-state index is 0.372. The van der Waals surface area contributed by atoms with Gasteiger partial charge in [-0.1, -0.05) is 27.7 Å². The number of nitrogens with one attached hydrogen (secondary N) is 1. The van der Waals surface area contributed by atoms with Crippen molar-refractivity contribution in [1.82, 2.24) is 5.32 Å². The topological polar surface area (TPSA) is 38.0 Å². The summed E-state index contributed by atoms with van der Waals surface area (Å²) in [6.07, 6.45) is 2.23. The van der Waals surface area contributed by atoms with Crippen LogP contribution in [-0.4, -0.2) is 18.6 Å². The van der Waals surface area contributed by atoms with Gasteiger partial charge in [-0.05, 0) is 25.3 Å². The fourth-order valence-electron chi connectivity index (χ4n) is 1.28. The molecule has 0 radical (unpaired) electrons. The molecule has 0 amide bonds. The maximum absolute atomic E-state index is 5.92. The molecule has 0 aromatic carbocycles. The second-order valence-corrected chi connectivity index (χ2v) is 4.29. The van der Waals surface area contributed by atoms with Gasteiger partial charge in [0.2, 0.25) is 0 Å². The molecule has 12 heavy (non-hydrogen) atoms. The van der Waals surface area contributed by atoms with Gasteiger partial charge in [-0.25, -0.2) is 0 Å². The predicted molar refractivity (Wildman–Crippen MR) is 55.2 cm³/mol. The van der Waals surface area contributed by atoms with Crippen molar-refractivity contribution in [3.63, 3.8) is 0 Å². The summed E-state index contributed by atoms with van der Waals surface area (Å²) in [5.74, 6) is 0.721. The van der Waals surface area contributed by atoms with E-state index >= 15 is 0 Å². The molecule has 0 unspecified atom stereocenters. The first-order valence-corrected chi connectivity index (χ1v) is 5.01. The zero-order chi connectivity index (χ0) is 9.56. The van der Waals surface area contributed by atoms with E-state index in [4.69, 9.17) is 5.73 Å². The van der Waals surface area contributed by atoms with Crippen molar-refractivity contribution in [2.45, 2.75) is 52.6 Å². The van der Waals surface area contributed by atoms with Gasteiger partial charge in [0, 0.05) is 12.1 Å². The third kappa shape index (κ3) is 8.02. The second-order valence-electron chi connectivity index (χ2n) is 4.29. The van der Waals surface area contributed by atoms with Crippen molar-refractivity contribution in [1.29, 1.82) is 0 Å². The molecule has 2 nitrogen and oxygen atoms in total.